The molecule has 2 aromatic carbocycles. The van der Waals surface area contributed by atoms with Crippen molar-refractivity contribution in [1.82, 2.24) is 9.38 Å². The van der Waals surface area contributed by atoms with E-state index in [9.17, 15) is 21.6 Å². The molecule has 0 fully saturated rings. The van der Waals surface area contributed by atoms with Gasteiger partial charge in [0, 0.05) is 0 Å². The van der Waals surface area contributed by atoms with Crippen LogP contribution in [0.2, 0.25) is 0 Å². The second-order valence-corrected chi connectivity index (χ2v) is 8.05. The lowest BCUT2D eigenvalue weighted by Crippen LogP contribution is -2.14. The number of halogens is 3. The van der Waals surface area contributed by atoms with Crippen LogP contribution in [0.3, 0.4) is 0 Å². The van der Waals surface area contributed by atoms with Gasteiger partial charge in [0.1, 0.15) is 5.65 Å². The van der Waals surface area contributed by atoms with E-state index in [2.05, 4.69) is 4.98 Å². The van der Waals surface area contributed by atoms with Crippen LogP contribution in [0.15, 0.2) is 71.6 Å². The molecule has 0 saturated heterocycles. The van der Waals surface area contributed by atoms with E-state index in [-0.39, 0.29) is 10.5 Å². The highest BCUT2D eigenvalue weighted by atomic mass is 32.2. The number of imidazole rings is 1. The molecule has 0 amide bonds. The molecule has 4 nitrogen and oxygen atoms in total. The quantitative estimate of drug-likeness (QED) is 0.518. The van der Waals surface area contributed by atoms with Crippen molar-refractivity contribution in [2.45, 2.75) is 16.8 Å². The van der Waals surface area contributed by atoms with E-state index in [0.29, 0.717) is 10.9 Å². The highest BCUT2D eigenvalue weighted by Gasteiger charge is 2.39. The Labute approximate surface area is 152 Å². The fourth-order valence-corrected chi connectivity index (χ4v) is 4.47. The molecule has 27 heavy (non-hydrogen) atoms. The van der Waals surface area contributed by atoms with Gasteiger partial charge in [-0.2, -0.15) is 13.2 Å². The molecule has 0 aliphatic carbocycles. The molecular weight excluding hydrogens is 377 g/mol. The predicted octanol–water partition coefficient (Wildman–Crippen LogP) is 4.48. The van der Waals surface area contributed by atoms with Crippen molar-refractivity contribution in [3.8, 4) is 0 Å². The Morgan fingerprint density at radius 1 is 0.889 bits per heavy atom. The summed E-state index contributed by atoms with van der Waals surface area (Å²) in [4.78, 5) is 3.65. The largest absolute Gasteiger partial charge is 0.435 e. The monoisotopic (exact) mass is 390 g/mol. The average Bonchev–Trinajstić information content (AvgIpc) is 3.01. The van der Waals surface area contributed by atoms with Crippen molar-refractivity contribution < 1.29 is 21.6 Å². The molecule has 0 spiro atoms. The lowest BCUT2D eigenvalue weighted by molar-refractivity contribution is -0.141. The van der Waals surface area contributed by atoms with Crippen LogP contribution in [0, 0.1) is 0 Å². The Balaban J connectivity index is 2.01. The zero-order valence-electron chi connectivity index (χ0n) is 13.8. The second kappa shape index (κ2) is 6.09. The van der Waals surface area contributed by atoms with Gasteiger partial charge in [-0.25, -0.2) is 13.4 Å². The third-order valence-electron chi connectivity index (χ3n) is 4.29. The third kappa shape index (κ3) is 3.06. The maximum atomic E-state index is 13.6. The zero-order valence-corrected chi connectivity index (χ0v) is 14.6. The maximum absolute atomic E-state index is 13.6. The van der Waals surface area contributed by atoms with Gasteiger partial charge in [0.2, 0.25) is 0 Å². The van der Waals surface area contributed by atoms with Crippen LogP contribution in [-0.4, -0.2) is 17.8 Å². The Hall–Kier alpha value is -2.87. The summed E-state index contributed by atoms with van der Waals surface area (Å²) in [5.74, 6) is -0.805. The molecule has 0 aliphatic rings. The Morgan fingerprint density at radius 2 is 1.56 bits per heavy atom. The van der Waals surface area contributed by atoms with E-state index in [1.807, 2.05) is 0 Å². The van der Waals surface area contributed by atoms with E-state index < -0.39 is 33.2 Å². The van der Waals surface area contributed by atoms with Crippen LogP contribution in [0.1, 0.15) is 11.4 Å². The number of pyridine rings is 1. The average molecular weight is 390 g/mol. The molecule has 2 heterocycles. The first kappa shape index (κ1) is 17.5. The van der Waals surface area contributed by atoms with Crippen LogP contribution in [0.5, 0.6) is 0 Å². The van der Waals surface area contributed by atoms with E-state index in [4.69, 9.17) is 0 Å². The molecule has 2 aromatic heterocycles. The lowest BCUT2D eigenvalue weighted by atomic mass is 10.2. The van der Waals surface area contributed by atoms with Crippen molar-refractivity contribution in [1.29, 1.82) is 0 Å². The number of sulfone groups is 1. The summed E-state index contributed by atoms with van der Waals surface area (Å²) in [6.07, 6.45) is -4.77. The summed E-state index contributed by atoms with van der Waals surface area (Å²) in [6.45, 7) is 0. The molecule has 0 saturated carbocycles. The molecule has 0 N–H and O–H groups in total. The third-order valence-corrected chi connectivity index (χ3v) is 5.93. The number of nitrogens with zero attached hydrogens (tertiary/aromatic N) is 2. The predicted molar refractivity (Wildman–Crippen MR) is 95.0 cm³/mol. The number of benzene rings is 2. The second-order valence-electron chi connectivity index (χ2n) is 6.06. The summed E-state index contributed by atoms with van der Waals surface area (Å²) >= 11 is 0. The number of hydrogen-bond acceptors (Lipinski definition) is 3. The number of hydrogen-bond donors (Lipinski definition) is 0. The maximum Gasteiger partial charge on any atom is 0.435 e. The SMILES string of the molecule is O=S(=O)(Cc1c(C(F)(F)F)nc2ccc3ccccc3n12)c1ccccc1. The van der Waals surface area contributed by atoms with Gasteiger partial charge in [0.25, 0.3) is 0 Å². The van der Waals surface area contributed by atoms with E-state index in [0.717, 1.165) is 0 Å². The van der Waals surface area contributed by atoms with Crippen LogP contribution >= 0.6 is 0 Å². The highest BCUT2D eigenvalue weighted by Crippen LogP contribution is 2.35. The first-order chi connectivity index (χ1) is 12.8. The molecule has 8 heteroatoms. The number of rotatable bonds is 3. The van der Waals surface area contributed by atoms with Crippen molar-refractivity contribution in [2.24, 2.45) is 0 Å². The molecular formula is C19H13F3N2O2S. The van der Waals surface area contributed by atoms with Gasteiger partial charge < -0.3 is 0 Å². The minimum absolute atomic E-state index is 0.0340. The summed E-state index contributed by atoms with van der Waals surface area (Å²) < 4.78 is 67.6. The van der Waals surface area contributed by atoms with Crippen LogP contribution in [0.25, 0.3) is 16.6 Å². The van der Waals surface area contributed by atoms with Gasteiger partial charge >= 0.3 is 6.18 Å². The topological polar surface area (TPSA) is 51.4 Å². The number of alkyl halides is 3. The molecule has 0 atom stereocenters. The Morgan fingerprint density at radius 3 is 2.26 bits per heavy atom. The minimum Gasteiger partial charge on any atom is -0.295 e. The first-order valence-corrected chi connectivity index (χ1v) is 9.67. The standard InChI is InChI=1S/C19H13F3N2O2S/c20-19(21,22)18-16(12-27(25,26)14-7-2-1-3-8-14)24-15-9-5-4-6-13(15)10-11-17(24)23-18/h1-11H,12H2. The zero-order chi connectivity index (χ0) is 19.2. The Bertz CT molecular complexity index is 1250. The van der Waals surface area contributed by atoms with Gasteiger partial charge in [0.05, 0.1) is 21.9 Å². The molecule has 0 aliphatic heterocycles. The molecule has 4 aromatic rings. The van der Waals surface area contributed by atoms with E-state index in [1.165, 1.54) is 34.7 Å². The van der Waals surface area contributed by atoms with Gasteiger partial charge in [0.15, 0.2) is 15.5 Å². The fraction of sp³-hybridized carbons (Fsp3) is 0.105. The van der Waals surface area contributed by atoms with Crippen LogP contribution in [-0.2, 0) is 21.8 Å². The van der Waals surface area contributed by atoms with Crippen molar-refractivity contribution in [3.63, 3.8) is 0 Å². The van der Waals surface area contributed by atoms with Gasteiger partial charge in [-0.1, -0.05) is 36.4 Å². The van der Waals surface area contributed by atoms with Crippen molar-refractivity contribution in [2.75, 3.05) is 0 Å². The first-order valence-electron chi connectivity index (χ1n) is 8.01. The normalized spacial score (nSPS) is 12.7. The van der Waals surface area contributed by atoms with Crippen molar-refractivity contribution in [3.05, 3.63) is 78.1 Å². The van der Waals surface area contributed by atoms with Gasteiger partial charge in [-0.05, 0) is 35.7 Å². The van der Waals surface area contributed by atoms with Crippen LogP contribution in [0.4, 0.5) is 13.2 Å². The molecule has 0 radical (unpaired) electrons. The molecule has 138 valence electrons. The van der Waals surface area contributed by atoms with Gasteiger partial charge in [-0.15, -0.1) is 0 Å². The van der Waals surface area contributed by atoms with E-state index in [1.54, 1.807) is 36.4 Å². The molecule has 0 unspecified atom stereocenters. The summed E-state index contributed by atoms with van der Waals surface area (Å²) in [6, 6.07) is 17.4. The summed E-state index contributed by atoms with van der Waals surface area (Å²) in [7, 11) is -3.99. The van der Waals surface area contributed by atoms with E-state index >= 15 is 0 Å². The summed E-state index contributed by atoms with van der Waals surface area (Å²) in [5, 5.41) is 0.689. The number of para-hydroxylation sites is 1. The minimum atomic E-state index is -4.77. The molecule has 4 rings (SSSR count). The highest BCUT2D eigenvalue weighted by molar-refractivity contribution is 7.90. The fourth-order valence-electron chi connectivity index (χ4n) is 3.10. The Kier molecular flexibility index (Phi) is 3.96. The number of aromatic nitrogens is 2. The molecule has 0 bridgehead atoms. The van der Waals surface area contributed by atoms with Crippen LogP contribution < -0.4 is 0 Å². The smallest absolute Gasteiger partial charge is 0.295 e. The van der Waals surface area contributed by atoms with Gasteiger partial charge in [-0.3, -0.25) is 4.40 Å². The van der Waals surface area contributed by atoms with Crippen molar-refractivity contribution >= 4 is 26.4 Å². The summed E-state index contributed by atoms with van der Waals surface area (Å²) in [5.41, 5.74) is -1.05. The lowest BCUT2D eigenvalue weighted by Gasteiger charge is -2.10. The number of fused-ring (bicyclic) bond motifs is 3.